The number of aryl methyl sites for hydroxylation is 1. The number of nitrogens with zero attached hydrogens (tertiary/aromatic N) is 1. The van der Waals surface area contributed by atoms with Gasteiger partial charge in [0.25, 0.3) is 0 Å². The third-order valence-corrected chi connectivity index (χ3v) is 1.87. The lowest BCUT2D eigenvalue weighted by Crippen LogP contribution is -1.93. The van der Waals surface area contributed by atoms with E-state index in [0.717, 1.165) is 12.1 Å². The molecule has 1 heteroatoms. The Bertz CT molecular complexity index is 264. The minimum atomic E-state index is 1.02. The van der Waals surface area contributed by atoms with Crippen molar-refractivity contribution in [1.29, 1.82) is 0 Å². The summed E-state index contributed by atoms with van der Waals surface area (Å²) >= 11 is 0. The predicted octanol–water partition coefficient (Wildman–Crippen LogP) is 2.60. The minimum absolute atomic E-state index is 1.02. The molecule has 0 saturated carbocycles. The summed E-state index contributed by atoms with van der Waals surface area (Å²) in [5.41, 5.74) is 3.63. The van der Waals surface area contributed by atoms with Crippen LogP contribution < -0.4 is 0 Å². The van der Waals surface area contributed by atoms with Gasteiger partial charge in [0.1, 0.15) is 0 Å². The first-order chi connectivity index (χ1) is 5.29. The molecule has 0 bridgehead atoms. The average Bonchev–Trinajstić information content (AvgIpc) is 2.04. The fraction of sp³-hybridized carbons (Fsp3) is 0.300. The second kappa shape index (κ2) is 3.33. The van der Waals surface area contributed by atoms with Gasteiger partial charge in [-0.15, -0.1) is 0 Å². The van der Waals surface area contributed by atoms with Crippen LogP contribution in [0.4, 0.5) is 0 Å². The third-order valence-electron chi connectivity index (χ3n) is 1.87. The van der Waals surface area contributed by atoms with Crippen LogP contribution in [-0.4, -0.2) is 4.98 Å². The fourth-order valence-electron chi connectivity index (χ4n) is 1.25. The lowest BCUT2D eigenvalue weighted by Gasteiger charge is -2.04. The van der Waals surface area contributed by atoms with E-state index < -0.39 is 0 Å². The van der Waals surface area contributed by atoms with Gasteiger partial charge in [-0.3, -0.25) is 4.98 Å². The monoisotopic (exact) mass is 147 g/mol. The molecule has 1 nitrogen and oxygen atoms in total. The van der Waals surface area contributed by atoms with E-state index in [1.54, 1.807) is 0 Å². The zero-order chi connectivity index (χ0) is 8.27. The normalized spacial score (nSPS) is 9.64. The van der Waals surface area contributed by atoms with Crippen molar-refractivity contribution < 1.29 is 0 Å². The van der Waals surface area contributed by atoms with Crippen molar-refractivity contribution in [1.82, 2.24) is 4.98 Å². The maximum absolute atomic E-state index is 4.21. The summed E-state index contributed by atoms with van der Waals surface area (Å²) in [5.74, 6) is 0. The minimum Gasteiger partial charge on any atom is -0.257 e. The standard InChI is InChI=1S/C10H13N/c1-4-9-8(3)6-7-11-10(9)5-2/h5-7H,2,4H2,1,3H3. The molecule has 0 aliphatic heterocycles. The molecular weight excluding hydrogens is 134 g/mol. The van der Waals surface area contributed by atoms with Gasteiger partial charge in [-0.1, -0.05) is 13.5 Å². The van der Waals surface area contributed by atoms with Gasteiger partial charge in [0, 0.05) is 6.20 Å². The summed E-state index contributed by atoms with van der Waals surface area (Å²) in [6.07, 6.45) is 4.67. The molecule has 0 aliphatic rings. The van der Waals surface area contributed by atoms with E-state index in [-0.39, 0.29) is 0 Å². The topological polar surface area (TPSA) is 12.9 Å². The van der Waals surface area contributed by atoms with Gasteiger partial charge in [-0.2, -0.15) is 0 Å². The van der Waals surface area contributed by atoms with Gasteiger partial charge < -0.3 is 0 Å². The lowest BCUT2D eigenvalue weighted by molar-refractivity contribution is 1.06. The summed E-state index contributed by atoms with van der Waals surface area (Å²) in [4.78, 5) is 4.21. The Morgan fingerprint density at radius 1 is 1.64 bits per heavy atom. The van der Waals surface area contributed by atoms with Crippen LogP contribution in [0.15, 0.2) is 18.8 Å². The zero-order valence-corrected chi connectivity index (χ0v) is 7.09. The highest BCUT2D eigenvalue weighted by Gasteiger charge is 1.99. The highest BCUT2D eigenvalue weighted by atomic mass is 14.7. The summed E-state index contributed by atoms with van der Waals surface area (Å²) < 4.78 is 0. The Hall–Kier alpha value is -1.11. The Morgan fingerprint density at radius 2 is 2.36 bits per heavy atom. The van der Waals surface area contributed by atoms with Crippen LogP contribution in [0.1, 0.15) is 23.7 Å². The Balaban J connectivity index is 3.23. The molecule has 0 saturated heterocycles. The molecule has 1 aromatic rings. The summed E-state index contributed by atoms with van der Waals surface area (Å²) in [6, 6.07) is 2.03. The Morgan fingerprint density at radius 3 is 2.82 bits per heavy atom. The molecule has 1 aromatic heterocycles. The van der Waals surface area contributed by atoms with E-state index in [1.165, 1.54) is 11.1 Å². The van der Waals surface area contributed by atoms with Crippen molar-refractivity contribution in [2.24, 2.45) is 0 Å². The molecule has 58 valence electrons. The maximum atomic E-state index is 4.21. The first-order valence-electron chi connectivity index (χ1n) is 3.86. The van der Waals surface area contributed by atoms with E-state index in [9.17, 15) is 0 Å². The largest absolute Gasteiger partial charge is 0.257 e. The smallest absolute Gasteiger partial charge is 0.0658 e. The van der Waals surface area contributed by atoms with Gasteiger partial charge in [-0.05, 0) is 36.6 Å². The predicted molar refractivity (Wildman–Crippen MR) is 48.4 cm³/mol. The van der Waals surface area contributed by atoms with Crippen molar-refractivity contribution in [3.63, 3.8) is 0 Å². The van der Waals surface area contributed by atoms with E-state index in [4.69, 9.17) is 0 Å². The SMILES string of the molecule is C=Cc1nccc(C)c1CC. The lowest BCUT2D eigenvalue weighted by atomic mass is 10.1. The molecular formula is C10H13N. The molecule has 0 unspecified atom stereocenters. The second-order valence-electron chi connectivity index (χ2n) is 2.55. The molecule has 0 atom stereocenters. The van der Waals surface area contributed by atoms with Crippen molar-refractivity contribution in [2.75, 3.05) is 0 Å². The first-order valence-corrected chi connectivity index (χ1v) is 3.86. The van der Waals surface area contributed by atoms with Crippen LogP contribution in [-0.2, 0) is 6.42 Å². The fourth-order valence-corrected chi connectivity index (χ4v) is 1.25. The number of hydrogen-bond donors (Lipinski definition) is 0. The molecule has 1 rings (SSSR count). The van der Waals surface area contributed by atoms with Gasteiger partial charge in [0.15, 0.2) is 0 Å². The highest BCUT2D eigenvalue weighted by molar-refractivity contribution is 5.49. The van der Waals surface area contributed by atoms with Crippen molar-refractivity contribution in [2.45, 2.75) is 20.3 Å². The third kappa shape index (κ3) is 1.48. The van der Waals surface area contributed by atoms with E-state index in [0.29, 0.717) is 0 Å². The van der Waals surface area contributed by atoms with Crippen LogP contribution in [0.2, 0.25) is 0 Å². The molecule has 0 fully saturated rings. The summed E-state index contributed by atoms with van der Waals surface area (Å²) in [6.45, 7) is 7.96. The van der Waals surface area contributed by atoms with Crippen LogP contribution in [0.3, 0.4) is 0 Å². The highest BCUT2D eigenvalue weighted by Crippen LogP contribution is 2.12. The second-order valence-corrected chi connectivity index (χ2v) is 2.55. The van der Waals surface area contributed by atoms with Crippen LogP contribution in [0.5, 0.6) is 0 Å². The van der Waals surface area contributed by atoms with Gasteiger partial charge in [0.2, 0.25) is 0 Å². The summed E-state index contributed by atoms with van der Waals surface area (Å²) in [5, 5.41) is 0. The number of rotatable bonds is 2. The van der Waals surface area contributed by atoms with Gasteiger partial charge in [0.05, 0.1) is 5.69 Å². The van der Waals surface area contributed by atoms with Crippen molar-refractivity contribution in [3.8, 4) is 0 Å². The van der Waals surface area contributed by atoms with Gasteiger partial charge >= 0.3 is 0 Å². The number of hydrogen-bond acceptors (Lipinski definition) is 1. The first kappa shape index (κ1) is 7.99. The molecule has 0 aromatic carbocycles. The molecule has 1 heterocycles. The summed E-state index contributed by atoms with van der Waals surface area (Å²) in [7, 11) is 0. The van der Waals surface area contributed by atoms with E-state index >= 15 is 0 Å². The molecule has 0 radical (unpaired) electrons. The van der Waals surface area contributed by atoms with Crippen molar-refractivity contribution >= 4 is 6.08 Å². The van der Waals surface area contributed by atoms with Gasteiger partial charge in [-0.25, -0.2) is 0 Å². The zero-order valence-electron chi connectivity index (χ0n) is 7.09. The number of aromatic nitrogens is 1. The molecule has 11 heavy (non-hydrogen) atoms. The molecule has 0 N–H and O–H groups in total. The molecule has 0 aliphatic carbocycles. The van der Waals surface area contributed by atoms with E-state index in [1.807, 2.05) is 18.3 Å². The average molecular weight is 147 g/mol. The van der Waals surface area contributed by atoms with Crippen LogP contribution >= 0.6 is 0 Å². The van der Waals surface area contributed by atoms with Crippen molar-refractivity contribution in [3.05, 3.63) is 35.7 Å². The maximum Gasteiger partial charge on any atom is 0.0658 e. The van der Waals surface area contributed by atoms with E-state index in [2.05, 4.69) is 25.4 Å². The van der Waals surface area contributed by atoms with Crippen LogP contribution in [0.25, 0.3) is 6.08 Å². The Labute approximate surface area is 67.8 Å². The number of pyridine rings is 1. The quantitative estimate of drug-likeness (QED) is 0.626. The Kier molecular flexibility index (Phi) is 2.42. The molecule has 0 amide bonds. The van der Waals surface area contributed by atoms with Crippen LogP contribution in [0, 0.1) is 6.92 Å². The molecule has 0 spiro atoms.